The van der Waals surface area contributed by atoms with Gasteiger partial charge in [0, 0.05) is 18.0 Å². The molecule has 128 valence electrons. The van der Waals surface area contributed by atoms with E-state index in [1.54, 1.807) is 11.3 Å². The zero-order valence-corrected chi connectivity index (χ0v) is 14.8. The molecule has 0 radical (unpaired) electrons. The van der Waals surface area contributed by atoms with Gasteiger partial charge in [0.2, 0.25) is 5.91 Å². The Kier molecular flexibility index (Phi) is 5.66. The van der Waals surface area contributed by atoms with Crippen LogP contribution in [0.1, 0.15) is 28.5 Å². The largest absolute Gasteiger partial charge is 0.396 e. The lowest BCUT2D eigenvalue weighted by Crippen LogP contribution is -2.38. The lowest BCUT2D eigenvalue weighted by molar-refractivity contribution is -0.122. The summed E-state index contributed by atoms with van der Waals surface area (Å²) in [4.78, 5) is 15.8. The van der Waals surface area contributed by atoms with Gasteiger partial charge < -0.3 is 10.4 Å². The Balaban J connectivity index is 1.68. The van der Waals surface area contributed by atoms with E-state index in [2.05, 4.69) is 47.5 Å². The van der Waals surface area contributed by atoms with Crippen molar-refractivity contribution in [1.82, 2.24) is 10.2 Å². The number of carbonyl (C=O) groups excluding carboxylic acids is 1. The molecule has 1 aliphatic heterocycles. The molecule has 2 aromatic rings. The van der Waals surface area contributed by atoms with E-state index in [9.17, 15) is 9.90 Å². The summed E-state index contributed by atoms with van der Waals surface area (Å²) in [5.41, 5.74) is 2.31. The van der Waals surface area contributed by atoms with E-state index < -0.39 is 0 Å². The second-order valence-corrected chi connectivity index (χ2v) is 7.48. The molecule has 0 spiro atoms. The maximum absolute atomic E-state index is 12.5. The Bertz CT molecular complexity index is 655. The summed E-state index contributed by atoms with van der Waals surface area (Å²) in [6.45, 7) is 4.35. The number of thiophene rings is 1. The fraction of sp³-hybridized carbons (Fsp3) is 0.421. The first-order valence-electron chi connectivity index (χ1n) is 8.38. The van der Waals surface area contributed by atoms with Crippen LogP contribution in [0, 0.1) is 12.8 Å². The van der Waals surface area contributed by atoms with Crippen LogP contribution in [0.15, 0.2) is 41.8 Å². The molecule has 2 atom stereocenters. The molecular formula is C19H24N2O2S. The van der Waals surface area contributed by atoms with Gasteiger partial charge in [-0.15, -0.1) is 11.3 Å². The lowest BCUT2D eigenvalue weighted by Gasteiger charge is -2.21. The number of aliphatic hydroxyl groups is 1. The SMILES string of the molecule is Cc1ccc(C(NC(=O)CN2CCC(CO)C2)c2cccs2)cc1. The Labute approximate surface area is 147 Å². The zero-order chi connectivity index (χ0) is 16.9. The standard InChI is InChI=1S/C19H24N2O2S/c1-14-4-6-16(7-5-14)19(17-3-2-10-24-17)20-18(23)12-21-9-8-15(11-21)13-22/h2-7,10,15,19,22H,8-9,11-13H2,1H3,(H,20,23). The van der Waals surface area contributed by atoms with Crippen molar-refractivity contribution in [3.63, 3.8) is 0 Å². The molecule has 1 aliphatic rings. The topological polar surface area (TPSA) is 52.6 Å². The number of aliphatic hydroxyl groups excluding tert-OH is 1. The van der Waals surface area contributed by atoms with Gasteiger partial charge in [0.25, 0.3) is 0 Å². The Morgan fingerprint density at radius 3 is 2.79 bits per heavy atom. The van der Waals surface area contributed by atoms with Crippen LogP contribution in [0.25, 0.3) is 0 Å². The van der Waals surface area contributed by atoms with E-state index in [4.69, 9.17) is 0 Å². The van der Waals surface area contributed by atoms with Gasteiger partial charge in [0.15, 0.2) is 0 Å². The summed E-state index contributed by atoms with van der Waals surface area (Å²) in [7, 11) is 0. The summed E-state index contributed by atoms with van der Waals surface area (Å²) < 4.78 is 0. The molecule has 2 N–H and O–H groups in total. The molecule has 24 heavy (non-hydrogen) atoms. The van der Waals surface area contributed by atoms with Crippen LogP contribution in [-0.2, 0) is 4.79 Å². The van der Waals surface area contributed by atoms with Crippen LogP contribution in [0.3, 0.4) is 0 Å². The predicted molar refractivity (Wildman–Crippen MR) is 97.1 cm³/mol. The lowest BCUT2D eigenvalue weighted by atomic mass is 10.0. The van der Waals surface area contributed by atoms with Crippen molar-refractivity contribution in [2.75, 3.05) is 26.2 Å². The number of aryl methyl sites for hydroxylation is 1. The van der Waals surface area contributed by atoms with E-state index in [-0.39, 0.29) is 18.6 Å². The summed E-state index contributed by atoms with van der Waals surface area (Å²) in [5, 5.41) is 14.5. The summed E-state index contributed by atoms with van der Waals surface area (Å²) in [6.07, 6.45) is 0.968. The summed E-state index contributed by atoms with van der Waals surface area (Å²) in [6, 6.07) is 12.3. The predicted octanol–water partition coefficient (Wildman–Crippen LogP) is 2.58. The Hall–Kier alpha value is -1.69. The van der Waals surface area contributed by atoms with Crippen LogP contribution in [0.4, 0.5) is 0 Å². The summed E-state index contributed by atoms with van der Waals surface area (Å²) in [5.74, 6) is 0.343. The number of rotatable bonds is 6. The minimum absolute atomic E-state index is 0.0348. The molecule has 5 heteroatoms. The van der Waals surface area contributed by atoms with Crippen LogP contribution in [0.2, 0.25) is 0 Å². The van der Waals surface area contributed by atoms with Crippen LogP contribution in [0.5, 0.6) is 0 Å². The minimum atomic E-state index is -0.102. The molecule has 1 fully saturated rings. The number of nitrogens with zero attached hydrogens (tertiary/aromatic N) is 1. The molecule has 3 rings (SSSR count). The fourth-order valence-corrected chi connectivity index (χ4v) is 3.95. The van der Waals surface area contributed by atoms with E-state index in [0.717, 1.165) is 30.0 Å². The first-order valence-corrected chi connectivity index (χ1v) is 9.26. The monoisotopic (exact) mass is 344 g/mol. The van der Waals surface area contributed by atoms with E-state index >= 15 is 0 Å². The second kappa shape index (κ2) is 7.92. The van der Waals surface area contributed by atoms with Crippen LogP contribution < -0.4 is 5.32 Å². The Morgan fingerprint density at radius 1 is 1.38 bits per heavy atom. The van der Waals surface area contributed by atoms with Gasteiger partial charge in [-0.25, -0.2) is 0 Å². The molecule has 2 heterocycles. The van der Waals surface area contributed by atoms with Crippen molar-refractivity contribution in [3.05, 3.63) is 57.8 Å². The quantitative estimate of drug-likeness (QED) is 0.847. The molecule has 4 nitrogen and oxygen atoms in total. The van der Waals surface area contributed by atoms with E-state index in [0.29, 0.717) is 12.5 Å². The zero-order valence-electron chi connectivity index (χ0n) is 13.9. The van der Waals surface area contributed by atoms with E-state index in [1.165, 1.54) is 5.56 Å². The molecule has 0 saturated carbocycles. The van der Waals surface area contributed by atoms with Gasteiger partial charge in [-0.05, 0) is 42.8 Å². The molecule has 1 amide bonds. The number of nitrogens with one attached hydrogen (secondary N) is 1. The number of likely N-dealkylation sites (tertiary alicyclic amines) is 1. The van der Waals surface area contributed by atoms with Crippen molar-refractivity contribution in [2.45, 2.75) is 19.4 Å². The molecule has 2 unspecified atom stereocenters. The minimum Gasteiger partial charge on any atom is -0.396 e. The van der Waals surface area contributed by atoms with Gasteiger partial charge >= 0.3 is 0 Å². The van der Waals surface area contributed by atoms with Gasteiger partial charge in [0.1, 0.15) is 0 Å². The highest BCUT2D eigenvalue weighted by Gasteiger charge is 2.25. The van der Waals surface area contributed by atoms with E-state index in [1.807, 2.05) is 11.4 Å². The third kappa shape index (κ3) is 4.23. The van der Waals surface area contributed by atoms with Gasteiger partial charge in [-0.1, -0.05) is 35.9 Å². The number of hydrogen-bond acceptors (Lipinski definition) is 4. The maximum atomic E-state index is 12.5. The first-order chi connectivity index (χ1) is 11.7. The van der Waals surface area contributed by atoms with Gasteiger partial charge in [-0.3, -0.25) is 9.69 Å². The summed E-state index contributed by atoms with van der Waals surface area (Å²) >= 11 is 1.66. The normalized spacial score (nSPS) is 19.3. The van der Waals surface area contributed by atoms with Crippen molar-refractivity contribution in [1.29, 1.82) is 0 Å². The van der Waals surface area contributed by atoms with Crippen LogP contribution in [-0.4, -0.2) is 42.2 Å². The van der Waals surface area contributed by atoms with Crippen molar-refractivity contribution >= 4 is 17.2 Å². The van der Waals surface area contributed by atoms with Crippen molar-refractivity contribution in [2.24, 2.45) is 5.92 Å². The molecule has 1 aromatic heterocycles. The highest BCUT2D eigenvalue weighted by molar-refractivity contribution is 7.10. The van der Waals surface area contributed by atoms with Gasteiger partial charge in [0.05, 0.1) is 12.6 Å². The number of benzene rings is 1. The highest BCUT2D eigenvalue weighted by atomic mass is 32.1. The average Bonchev–Trinajstić information content (AvgIpc) is 3.25. The molecular weight excluding hydrogens is 320 g/mol. The van der Waals surface area contributed by atoms with Crippen molar-refractivity contribution < 1.29 is 9.90 Å². The third-order valence-electron chi connectivity index (χ3n) is 4.54. The maximum Gasteiger partial charge on any atom is 0.234 e. The molecule has 1 aromatic carbocycles. The van der Waals surface area contributed by atoms with Crippen LogP contribution >= 0.6 is 11.3 Å². The molecule has 1 saturated heterocycles. The molecule has 0 aliphatic carbocycles. The third-order valence-corrected chi connectivity index (χ3v) is 5.48. The van der Waals surface area contributed by atoms with Gasteiger partial charge in [-0.2, -0.15) is 0 Å². The molecule has 0 bridgehead atoms. The number of amides is 1. The number of hydrogen-bond donors (Lipinski definition) is 2. The smallest absolute Gasteiger partial charge is 0.234 e. The fourth-order valence-electron chi connectivity index (χ4n) is 3.15. The van der Waals surface area contributed by atoms with Crippen molar-refractivity contribution in [3.8, 4) is 0 Å². The number of carbonyl (C=O) groups is 1. The average molecular weight is 344 g/mol. The first kappa shape index (κ1) is 17.1. The highest BCUT2D eigenvalue weighted by Crippen LogP contribution is 2.26. The second-order valence-electron chi connectivity index (χ2n) is 6.50. The Morgan fingerprint density at radius 2 is 2.17 bits per heavy atom.